The van der Waals surface area contributed by atoms with Gasteiger partial charge in [-0.1, -0.05) is 26.2 Å². The number of aryl methyl sites for hydroxylation is 1. The largest absolute Gasteiger partial charge is 0.355 e. The van der Waals surface area contributed by atoms with Crippen LogP contribution in [0.15, 0.2) is 12.4 Å². The van der Waals surface area contributed by atoms with E-state index in [1.54, 1.807) is 6.20 Å². The van der Waals surface area contributed by atoms with Crippen molar-refractivity contribution in [2.24, 2.45) is 5.92 Å². The lowest BCUT2D eigenvalue weighted by molar-refractivity contribution is -0.124. The molecule has 22 heavy (non-hydrogen) atoms. The van der Waals surface area contributed by atoms with Gasteiger partial charge < -0.3 is 14.8 Å². The third-order valence-corrected chi connectivity index (χ3v) is 4.80. The first-order valence-electron chi connectivity index (χ1n) is 8.53. The fraction of sp³-hybridized carbons (Fsp3) is 0.765. The number of amides is 1. The van der Waals surface area contributed by atoms with Crippen molar-refractivity contribution < 1.29 is 4.79 Å². The van der Waals surface area contributed by atoms with Crippen LogP contribution in [-0.4, -0.2) is 46.5 Å². The molecule has 1 saturated carbocycles. The molecule has 0 spiro atoms. The Kier molecular flexibility index (Phi) is 6.43. The van der Waals surface area contributed by atoms with Crippen molar-refractivity contribution >= 4 is 5.91 Å². The molecule has 0 aliphatic heterocycles. The number of rotatable bonds is 7. The molecule has 1 atom stereocenters. The Morgan fingerprint density at radius 1 is 1.45 bits per heavy atom. The van der Waals surface area contributed by atoms with Crippen molar-refractivity contribution in [3.8, 4) is 0 Å². The Morgan fingerprint density at radius 3 is 2.82 bits per heavy atom. The maximum atomic E-state index is 12.2. The highest BCUT2D eigenvalue weighted by Crippen LogP contribution is 2.21. The molecule has 0 bridgehead atoms. The van der Waals surface area contributed by atoms with E-state index in [1.165, 1.54) is 32.1 Å². The molecule has 1 aliphatic rings. The van der Waals surface area contributed by atoms with E-state index in [-0.39, 0.29) is 11.8 Å². The van der Waals surface area contributed by atoms with Gasteiger partial charge in [-0.3, -0.25) is 4.79 Å². The Bertz CT molecular complexity index is 465. The number of carbonyl (C=O) groups excluding carboxylic acids is 1. The molecule has 0 radical (unpaired) electrons. The molecule has 1 aliphatic carbocycles. The molecular formula is C17H30N4O. The van der Waals surface area contributed by atoms with Crippen LogP contribution in [0.5, 0.6) is 0 Å². The standard InChI is InChI=1S/C17H30N4O/c1-14(13-21-12-10-18-15(21)2)17(22)19-9-11-20(3)16-7-5-4-6-8-16/h10,12,14,16H,4-9,11,13H2,1-3H3,(H,19,22)/t14-/m1/s1. The van der Waals surface area contributed by atoms with Gasteiger partial charge in [-0.15, -0.1) is 0 Å². The number of nitrogens with one attached hydrogen (secondary N) is 1. The number of carbonyl (C=O) groups is 1. The summed E-state index contributed by atoms with van der Waals surface area (Å²) in [6, 6.07) is 0.705. The van der Waals surface area contributed by atoms with Gasteiger partial charge >= 0.3 is 0 Å². The van der Waals surface area contributed by atoms with Crippen LogP contribution in [0.1, 0.15) is 44.9 Å². The topological polar surface area (TPSA) is 50.2 Å². The number of hydrogen-bond acceptors (Lipinski definition) is 3. The van der Waals surface area contributed by atoms with Gasteiger partial charge in [-0.25, -0.2) is 4.98 Å². The van der Waals surface area contributed by atoms with Gasteiger partial charge in [0, 0.05) is 38.1 Å². The average molecular weight is 306 g/mol. The van der Waals surface area contributed by atoms with Crippen LogP contribution < -0.4 is 5.32 Å². The minimum Gasteiger partial charge on any atom is -0.355 e. The van der Waals surface area contributed by atoms with Gasteiger partial charge in [-0.05, 0) is 26.8 Å². The van der Waals surface area contributed by atoms with E-state index in [4.69, 9.17) is 0 Å². The molecule has 2 rings (SSSR count). The number of hydrogen-bond donors (Lipinski definition) is 1. The second-order valence-electron chi connectivity index (χ2n) is 6.59. The Balaban J connectivity index is 1.67. The summed E-state index contributed by atoms with van der Waals surface area (Å²) in [4.78, 5) is 18.8. The predicted octanol–water partition coefficient (Wildman–Crippen LogP) is 2.21. The van der Waals surface area contributed by atoms with Crippen molar-refractivity contribution in [3.05, 3.63) is 18.2 Å². The third-order valence-electron chi connectivity index (χ3n) is 4.80. The molecule has 5 nitrogen and oxygen atoms in total. The highest BCUT2D eigenvalue weighted by Gasteiger charge is 2.18. The molecule has 5 heteroatoms. The Hall–Kier alpha value is -1.36. The highest BCUT2D eigenvalue weighted by molar-refractivity contribution is 5.78. The average Bonchev–Trinajstić information content (AvgIpc) is 2.93. The zero-order valence-corrected chi connectivity index (χ0v) is 14.2. The summed E-state index contributed by atoms with van der Waals surface area (Å²) in [5.74, 6) is 1.05. The highest BCUT2D eigenvalue weighted by atomic mass is 16.1. The van der Waals surface area contributed by atoms with Crippen molar-refractivity contribution in [2.45, 2.75) is 58.5 Å². The smallest absolute Gasteiger partial charge is 0.224 e. The Labute approximate surface area is 134 Å². The monoisotopic (exact) mass is 306 g/mol. The van der Waals surface area contributed by atoms with E-state index >= 15 is 0 Å². The molecule has 1 aromatic heterocycles. The van der Waals surface area contributed by atoms with Crippen LogP contribution >= 0.6 is 0 Å². The van der Waals surface area contributed by atoms with E-state index in [9.17, 15) is 4.79 Å². The predicted molar refractivity (Wildman–Crippen MR) is 88.6 cm³/mol. The van der Waals surface area contributed by atoms with Crippen molar-refractivity contribution in [2.75, 3.05) is 20.1 Å². The van der Waals surface area contributed by atoms with Crippen LogP contribution in [0.2, 0.25) is 0 Å². The summed E-state index contributed by atoms with van der Waals surface area (Å²) in [6.45, 7) is 6.30. The van der Waals surface area contributed by atoms with Crippen molar-refractivity contribution in [1.82, 2.24) is 19.8 Å². The molecule has 124 valence electrons. The lowest BCUT2D eigenvalue weighted by atomic mass is 9.94. The molecule has 1 N–H and O–H groups in total. The molecular weight excluding hydrogens is 276 g/mol. The van der Waals surface area contributed by atoms with E-state index < -0.39 is 0 Å². The number of aromatic nitrogens is 2. The number of likely N-dealkylation sites (N-methyl/N-ethyl adjacent to an activating group) is 1. The molecule has 0 unspecified atom stereocenters. The summed E-state index contributed by atoms with van der Waals surface area (Å²) < 4.78 is 2.03. The quantitative estimate of drug-likeness (QED) is 0.840. The van der Waals surface area contributed by atoms with Gasteiger partial charge in [0.15, 0.2) is 0 Å². The SMILES string of the molecule is Cc1nccn1C[C@@H](C)C(=O)NCCN(C)C1CCCCC1. The van der Waals surface area contributed by atoms with E-state index in [0.717, 1.165) is 18.9 Å². The normalized spacial score (nSPS) is 17.6. The fourth-order valence-electron chi connectivity index (χ4n) is 3.21. The molecule has 0 saturated heterocycles. The number of nitrogens with zero attached hydrogens (tertiary/aromatic N) is 3. The van der Waals surface area contributed by atoms with Crippen LogP contribution in [0.3, 0.4) is 0 Å². The van der Waals surface area contributed by atoms with Crippen LogP contribution in [0, 0.1) is 12.8 Å². The van der Waals surface area contributed by atoms with Crippen LogP contribution in [-0.2, 0) is 11.3 Å². The fourth-order valence-corrected chi connectivity index (χ4v) is 3.21. The van der Waals surface area contributed by atoms with Gasteiger partial charge in [0.2, 0.25) is 5.91 Å². The zero-order chi connectivity index (χ0) is 15.9. The molecule has 0 aromatic carbocycles. The number of imidazole rings is 1. The summed E-state index contributed by atoms with van der Waals surface area (Å²) in [5, 5.41) is 3.07. The maximum Gasteiger partial charge on any atom is 0.224 e. The zero-order valence-electron chi connectivity index (χ0n) is 14.2. The first-order valence-corrected chi connectivity index (χ1v) is 8.53. The second kappa shape index (κ2) is 8.32. The summed E-state index contributed by atoms with van der Waals surface area (Å²) >= 11 is 0. The summed E-state index contributed by atoms with van der Waals surface area (Å²) in [7, 11) is 2.18. The minimum atomic E-state index is -0.0344. The lowest BCUT2D eigenvalue weighted by Crippen LogP contribution is -2.41. The van der Waals surface area contributed by atoms with E-state index in [2.05, 4.69) is 22.2 Å². The first-order chi connectivity index (χ1) is 10.6. The van der Waals surface area contributed by atoms with Crippen LogP contribution in [0.25, 0.3) is 0 Å². The van der Waals surface area contributed by atoms with Crippen molar-refractivity contribution in [1.29, 1.82) is 0 Å². The first kappa shape index (κ1) is 17.0. The van der Waals surface area contributed by atoms with Gasteiger partial charge in [0.05, 0.1) is 5.92 Å². The maximum absolute atomic E-state index is 12.2. The third kappa shape index (κ3) is 4.83. The molecule has 1 amide bonds. The van der Waals surface area contributed by atoms with E-state index in [0.29, 0.717) is 12.6 Å². The molecule has 1 fully saturated rings. The van der Waals surface area contributed by atoms with Crippen molar-refractivity contribution in [3.63, 3.8) is 0 Å². The molecule has 1 heterocycles. The summed E-state index contributed by atoms with van der Waals surface area (Å²) in [5.41, 5.74) is 0. The summed E-state index contributed by atoms with van der Waals surface area (Å²) in [6.07, 6.45) is 10.4. The lowest BCUT2D eigenvalue weighted by Gasteiger charge is -2.31. The van der Waals surface area contributed by atoms with Gasteiger partial charge in [0.1, 0.15) is 5.82 Å². The van der Waals surface area contributed by atoms with Gasteiger partial charge in [0.25, 0.3) is 0 Å². The van der Waals surface area contributed by atoms with Gasteiger partial charge in [-0.2, -0.15) is 0 Å². The minimum absolute atomic E-state index is 0.0344. The van der Waals surface area contributed by atoms with E-state index in [1.807, 2.05) is 24.6 Å². The second-order valence-corrected chi connectivity index (χ2v) is 6.59. The molecule has 1 aromatic rings. The van der Waals surface area contributed by atoms with Crippen LogP contribution in [0.4, 0.5) is 0 Å². The Morgan fingerprint density at radius 2 is 2.18 bits per heavy atom.